The Morgan fingerprint density at radius 3 is 2.13 bits per heavy atom. The summed E-state index contributed by atoms with van der Waals surface area (Å²) in [4.78, 5) is 28.0. The number of likely N-dealkylation sites (N-methyl/N-ethyl adjacent to an activating group) is 1. The van der Waals surface area contributed by atoms with Crippen molar-refractivity contribution in [3.05, 3.63) is 18.0 Å². The molecule has 1 amide bonds. The summed E-state index contributed by atoms with van der Waals surface area (Å²) in [6.07, 6.45) is 8.37. The Hall–Kier alpha value is -1.69. The molecule has 23 heavy (non-hydrogen) atoms. The van der Waals surface area contributed by atoms with Gasteiger partial charge in [0.25, 0.3) is 5.91 Å². The Morgan fingerprint density at radius 1 is 0.957 bits per heavy atom. The van der Waals surface area contributed by atoms with E-state index in [-0.39, 0.29) is 5.91 Å². The molecule has 6 nitrogen and oxygen atoms in total. The maximum absolute atomic E-state index is 12.6. The third-order valence-electron chi connectivity index (χ3n) is 4.88. The molecule has 2 saturated heterocycles. The van der Waals surface area contributed by atoms with Crippen LogP contribution in [0.1, 0.15) is 43.0 Å². The maximum Gasteiger partial charge on any atom is 0.257 e. The van der Waals surface area contributed by atoms with Gasteiger partial charge in [0.05, 0.1) is 5.56 Å². The van der Waals surface area contributed by atoms with Gasteiger partial charge >= 0.3 is 0 Å². The van der Waals surface area contributed by atoms with Crippen LogP contribution in [0.2, 0.25) is 0 Å². The monoisotopic (exact) mass is 317 g/mol. The van der Waals surface area contributed by atoms with Gasteiger partial charge < -0.3 is 14.7 Å². The van der Waals surface area contributed by atoms with Gasteiger partial charge in [0.15, 0.2) is 0 Å². The van der Waals surface area contributed by atoms with Crippen LogP contribution < -0.4 is 4.90 Å². The molecule has 2 aliphatic heterocycles. The summed E-state index contributed by atoms with van der Waals surface area (Å²) in [7, 11) is 0. The van der Waals surface area contributed by atoms with E-state index in [1.54, 1.807) is 12.4 Å². The zero-order valence-corrected chi connectivity index (χ0v) is 14.1. The summed E-state index contributed by atoms with van der Waals surface area (Å²) in [5.74, 6) is 0.822. The molecule has 2 aliphatic rings. The highest BCUT2D eigenvalue weighted by molar-refractivity contribution is 5.93. The first-order valence-electron chi connectivity index (χ1n) is 8.86. The maximum atomic E-state index is 12.6. The molecule has 1 aromatic heterocycles. The van der Waals surface area contributed by atoms with Gasteiger partial charge in [-0.15, -0.1) is 0 Å². The molecule has 0 N–H and O–H groups in total. The Labute approximate surface area is 138 Å². The number of hydrogen-bond donors (Lipinski definition) is 0. The van der Waals surface area contributed by atoms with Crippen LogP contribution in [-0.2, 0) is 0 Å². The van der Waals surface area contributed by atoms with E-state index in [0.29, 0.717) is 5.56 Å². The first-order valence-corrected chi connectivity index (χ1v) is 8.86. The molecular formula is C17H27N5O. The van der Waals surface area contributed by atoms with Gasteiger partial charge in [0.1, 0.15) is 0 Å². The first-order chi connectivity index (χ1) is 11.3. The number of piperazine rings is 1. The zero-order valence-electron chi connectivity index (χ0n) is 14.1. The van der Waals surface area contributed by atoms with Crippen molar-refractivity contribution in [3.8, 4) is 0 Å². The Bertz CT molecular complexity index is 502. The molecule has 126 valence electrons. The third-order valence-corrected chi connectivity index (χ3v) is 4.88. The van der Waals surface area contributed by atoms with Crippen molar-refractivity contribution in [3.63, 3.8) is 0 Å². The van der Waals surface area contributed by atoms with Crippen LogP contribution in [0.5, 0.6) is 0 Å². The molecule has 0 radical (unpaired) electrons. The molecule has 2 fully saturated rings. The van der Waals surface area contributed by atoms with Crippen molar-refractivity contribution in [2.45, 2.75) is 32.6 Å². The topological polar surface area (TPSA) is 52.6 Å². The number of anilines is 1. The van der Waals surface area contributed by atoms with E-state index in [1.807, 2.05) is 4.90 Å². The predicted octanol–water partition coefficient (Wildman–Crippen LogP) is 1.63. The van der Waals surface area contributed by atoms with Crippen LogP contribution in [0.25, 0.3) is 0 Å². The Kier molecular flexibility index (Phi) is 5.43. The van der Waals surface area contributed by atoms with Crippen LogP contribution in [-0.4, -0.2) is 71.5 Å². The molecule has 1 aromatic rings. The normalized spacial score (nSPS) is 20.4. The average Bonchev–Trinajstić information content (AvgIpc) is 2.91. The molecule has 0 aliphatic carbocycles. The lowest BCUT2D eigenvalue weighted by Gasteiger charge is -2.34. The number of aromatic nitrogens is 2. The minimum absolute atomic E-state index is 0.0585. The van der Waals surface area contributed by atoms with Crippen molar-refractivity contribution in [1.82, 2.24) is 19.8 Å². The molecule has 0 spiro atoms. The van der Waals surface area contributed by atoms with Crippen molar-refractivity contribution in [2.75, 3.05) is 50.7 Å². The van der Waals surface area contributed by atoms with Crippen molar-refractivity contribution >= 4 is 11.9 Å². The van der Waals surface area contributed by atoms with E-state index in [9.17, 15) is 4.79 Å². The van der Waals surface area contributed by atoms with Gasteiger partial charge in [0.2, 0.25) is 5.95 Å². The van der Waals surface area contributed by atoms with Crippen LogP contribution >= 0.6 is 0 Å². The van der Waals surface area contributed by atoms with Crippen LogP contribution in [0.15, 0.2) is 12.4 Å². The predicted molar refractivity (Wildman–Crippen MR) is 90.7 cm³/mol. The lowest BCUT2D eigenvalue weighted by atomic mass is 10.2. The number of amides is 1. The number of carbonyl (C=O) groups is 1. The van der Waals surface area contributed by atoms with Gasteiger partial charge in [-0.05, 0) is 19.4 Å². The smallest absolute Gasteiger partial charge is 0.257 e. The molecule has 0 atom stereocenters. The van der Waals surface area contributed by atoms with Crippen LogP contribution in [0.4, 0.5) is 5.95 Å². The first kappa shape index (κ1) is 16.2. The molecule has 3 heterocycles. The number of nitrogens with zero attached hydrogens (tertiary/aromatic N) is 5. The molecule has 3 rings (SSSR count). The van der Waals surface area contributed by atoms with E-state index >= 15 is 0 Å². The molecule has 0 saturated carbocycles. The van der Waals surface area contributed by atoms with Gasteiger partial charge in [-0.1, -0.05) is 19.8 Å². The largest absolute Gasteiger partial charge is 0.341 e. The van der Waals surface area contributed by atoms with E-state index in [1.165, 1.54) is 25.7 Å². The number of carbonyl (C=O) groups excluding carboxylic acids is 1. The Morgan fingerprint density at radius 2 is 1.57 bits per heavy atom. The molecule has 0 aromatic carbocycles. The molecule has 6 heteroatoms. The van der Waals surface area contributed by atoms with E-state index in [0.717, 1.165) is 51.8 Å². The van der Waals surface area contributed by atoms with Crippen molar-refractivity contribution < 1.29 is 4.79 Å². The quantitative estimate of drug-likeness (QED) is 0.848. The average molecular weight is 317 g/mol. The van der Waals surface area contributed by atoms with Crippen molar-refractivity contribution in [2.24, 2.45) is 0 Å². The molecule has 0 unspecified atom stereocenters. The summed E-state index contributed by atoms with van der Waals surface area (Å²) in [5.41, 5.74) is 0.605. The summed E-state index contributed by atoms with van der Waals surface area (Å²) in [6, 6.07) is 0. The van der Waals surface area contributed by atoms with Crippen LogP contribution in [0.3, 0.4) is 0 Å². The summed E-state index contributed by atoms with van der Waals surface area (Å²) in [6.45, 7) is 8.74. The second-order valence-electron chi connectivity index (χ2n) is 6.40. The van der Waals surface area contributed by atoms with Gasteiger partial charge in [-0.2, -0.15) is 0 Å². The highest BCUT2D eigenvalue weighted by atomic mass is 16.2. The highest BCUT2D eigenvalue weighted by Gasteiger charge is 2.22. The highest BCUT2D eigenvalue weighted by Crippen LogP contribution is 2.16. The summed E-state index contributed by atoms with van der Waals surface area (Å²) in [5, 5.41) is 0. The Balaban J connectivity index is 1.61. The van der Waals surface area contributed by atoms with Crippen LogP contribution in [0, 0.1) is 0 Å². The van der Waals surface area contributed by atoms with Gasteiger partial charge in [0, 0.05) is 51.7 Å². The minimum Gasteiger partial charge on any atom is -0.341 e. The van der Waals surface area contributed by atoms with Gasteiger partial charge in [-0.25, -0.2) is 9.97 Å². The lowest BCUT2D eigenvalue weighted by molar-refractivity contribution is 0.0642. The fraction of sp³-hybridized carbons (Fsp3) is 0.706. The SMILES string of the molecule is CCN1CCN(C(=O)c2cnc(N3CCCCCC3)nc2)CC1. The molecular weight excluding hydrogens is 290 g/mol. The summed E-state index contributed by atoms with van der Waals surface area (Å²) < 4.78 is 0. The van der Waals surface area contributed by atoms with E-state index < -0.39 is 0 Å². The minimum atomic E-state index is 0.0585. The fourth-order valence-electron chi connectivity index (χ4n) is 3.32. The van der Waals surface area contributed by atoms with Crippen molar-refractivity contribution in [1.29, 1.82) is 0 Å². The van der Waals surface area contributed by atoms with E-state index in [2.05, 4.69) is 26.7 Å². The third kappa shape index (κ3) is 3.99. The number of rotatable bonds is 3. The zero-order chi connectivity index (χ0) is 16.1. The molecule has 0 bridgehead atoms. The standard InChI is InChI=1S/C17H27N5O/c1-2-20-9-11-21(12-10-20)16(23)15-13-18-17(19-14-15)22-7-5-3-4-6-8-22/h13-14H,2-12H2,1H3. The number of hydrogen-bond acceptors (Lipinski definition) is 5. The van der Waals surface area contributed by atoms with Gasteiger partial charge in [-0.3, -0.25) is 4.79 Å². The second kappa shape index (κ2) is 7.73. The fourth-order valence-corrected chi connectivity index (χ4v) is 3.32. The lowest BCUT2D eigenvalue weighted by Crippen LogP contribution is -2.48. The summed E-state index contributed by atoms with van der Waals surface area (Å²) >= 11 is 0. The van der Waals surface area contributed by atoms with E-state index in [4.69, 9.17) is 0 Å². The second-order valence-corrected chi connectivity index (χ2v) is 6.40.